The van der Waals surface area contributed by atoms with Crippen LogP contribution in [0.15, 0.2) is 108 Å². The molecular formula is C31H20Br2N4O5. The van der Waals surface area contributed by atoms with Crippen LogP contribution in [-0.4, -0.2) is 20.8 Å². The molecule has 11 heteroatoms. The summed E-state index contributed by atoms with van der Waals surface area (Å²) in [5.74, 6) is 0.527. The van der Waals surface area contributed by atoms with Crippen molar-refractivity contribution in [2.75, 3.05) is 0 Å². The number of hydrogen-bond acceptors (Lipinski definition) is 7. The van der Waals surface area contributed by atoms with Gasteiger partial charge in [0.1, 0.15) is 12.2 Å². The number of para-hydroxylation sites is 1. The molecule has 0 amide bonds. The molecule has 0 atom stereocenters. The lowest BCUT2D eigenvalue weighted by Gasteiger charge is -2.11. The fourth-order valence-corrected chi connectivity index (χ4v) is 5.42. The molecule has 208 valence electrons. The van der Waals surface area contributed by atoms with Gasteiger partial charge in [-0.25, -0.2) is 4.98 Å². The van der Waals surface area contributed by atoms with Crippen molar-refractivity contribution >= 4 is 65.6 Å². The van der Waals surface area contributed by atoms with Crippen LogP contribution < -0.4 is 10.3 Å². The maximum absolute atomic E-state index is 13.7. The summed E-state index contributed by atoms with van der Waals surface area (Å²) in [6.45, 7) is 2.06. The third-order valence-corrected chi connectivity index (χ3v) is 7.44. The molecule has 42 heavy (non-hydrogen) atoms. The van der Waals surface area contributed by atoms with Gasteiger partial charge >= 0.3 is 5.69 Å². The minimum Gasteiger partial charge on any atom is -0.481 e. The second-order valence-electron chi connectivity index (χ2n) is 9.48. The summed E-state index contributed by atoms with van der Waals surface area (Å²) in [7, 11) is 0. The second kappa shape index (κ2) is 11.3. The predicted molar refractivity (Wildman–Crippen MR) is 168 cm³/mol. The van der Waals surface area contributed by atoms with Crippen LogP contribution >= 0.6 is 31.9 Å². The summed E-state index contributed by atoms with van der Waals surface area (Å²) in [6, 6.07) is 25.0. The summed E-state index contributed by atoms with van der Waals surface area (Å²) in [6.07, 6.45) is 1.35. The second-order valence-corrected chi connectivity index (χ2v) is 11.3. The number of nitro benzene ring substituents is 1. The maximum atomic E-state index is 13.7. The van der Waals surface area contributed by atoms with E-state index in [1.807, 2.05) is 49.4 Å². The predicted octanol–water partition coefficient (Wildman–Crippen LogP) is 8.01. The Morgan fingerprint density at radius 3 is 2.67 bits per heavy atom. The molecule has 2 heterocycles. The SMILES string of the molecule is Cc1cccc(COc2c(C=Nn3c(-c4cc5cc(Br)ccc5o4)nc4ccccc4c3=O)cc(Br)cc2[N+](=O)[O-])c1. The van der Waals surface area contributed by atoms with Gasteiger partial charge in [-0.05, 0) is 55.0 Å². The number of hydrogen-bond donors (Lipinski definition) is 0. The third kappa shape index (κ3) is 5.48. The molecule has 0 spiro atoms. The first-order valence-electron chi connectivity index (χ1n) is 12.7. The molecule has 6 aromatic rings. The largest absolute Gasteiger partial charge is 0.481 e. The molecule has 0 fully saturated rings. The highest BCUT2D eigenvalue weighted by atomic mass is 79.9. The van der Waals surface area contributed by atoms with E-state index in [0.29, 0.717) is 32.3 Å². The molecule has 0 saturated carbocycles. The number of benzene rings is 4. The van der Waals surface area contributed by atoms with Crippen molar-refractivity contribution in [1.29, 1.82) is 0 Å². The van der Waals surface area contributed by atoms with Crippen molar-refractivity contribution in [3.8, 4) is 17.3 Å². The number of aryl methyl sites for hydroxylation is 1. The zero-order chi connectivity index (χ0) is 29.4. The molecule has 0 unspecified atom stereocenters. The van der Waals surface area contributed by atoms with Crippen molar-refractivity contribution in [2.24, 2.45) is 5.10 Å². The summed E-state index contributed by atoms with van der Waals surface area (Å²) in [5, 5.41) is 17.6. The van der Waals surface area contributed by atoms with E-state index in [2.05, 4.69) is 37.0 Å². The van der Waals surface area contributed by atoms with Crippen LogP contribution in [-0.2, 0) is 6.61 Å². The fourth-order valence-electron chi connectivity index (χ4n) is 4.58. The number of nitro groups is 1. The Morgan fingerprint density at radius 1 is 1.02 bits per heavy atom. The number of aromatic nitrogens is 2. The summed E-state index contributed by atoms with van der Waals surface area (Å²) in [4.78, 5) is 29.9. The Balaban J connectivity index is 1.50. The first kappa shape index (κ1) is 27.6. The highest BCUT2D eigenvalue weighted by Gasteiger charge is 2.22. The lowest BCUT2D eigenvalue weighted by molar-refractivity contribution is -0.386. The standard InChI is InChI=1S/C31H20Br2N4O5/c1-18-5-4-6-19(11-18)17-41-29-21(13-23(33)15-26(29)37(39)40)16-34-36-30(35-25-8-3-2-7-24(25)31(36)38)28-14-20-12-22(32)9-10-27(20)42-28/h2-16H,17H2,1H3. The van der Waals surface area contributed by atoms with Gasteiger partial charge < -0.3 is 9.15 Å². The molecule has 2 aromatic heterocycles. The smallest absolute Gasteiger partial charge is 0.312 e. The number of fused-ring (bicyclic) bond motifs is 2. The van der Waals surface area contributed by atoms with E-state index in [0.717, 1.165) is 25.7 Å². The normalized spacial score (nSPS) is 11.5. The van der Waals surface area contributed by atoms with E-state index in [1.54, 1.807) is 36.4 Å². The van der Waals surface area contributed by atoms with Gasteiger partial charge in [0.05, 0.1) is 22.0 Å². The van der Waals surface area contributed by atoms with Crippen molar-refractivity contribution < 1.29 is 14.1 Å². The van der Waals surface area contributed by atoms with Crippen LogP contribution in [0.2, 0.25) is 0 Å². The zero-order valence-corrected chi connectivity index (χ0v) is 25.1. The molecular weight excluding hydrogens is 668 g/mol. The van der Waals surface area contributed by atoms with E-state index in [4.69, 9.17) is 14.1 Å². The number of furan rings is 1. The summed E-state index contributed by atoms with van der Waals surface area (Å²) < 4.78 is 14.5. The van der Waals surface area contributed by atoms with Gasteiger partial charge in [0.15, 0.2) is 5.76 Å². The zero-order valence-electron chi connectivity index (χ0n) is 22.0. The average Bonchev–Trinajstić information content (AvgIpc) is 3.39. The number of ether oxygens (including phenoxy) is 1. The van der Waals surface area contributed by atoms with Crippen LogP contribution in [0.3, 0.4) is 0 Å². The highest BCUT2D eigenvalue weighted by molar-refractivity contribution is 9.10. The number of nitrogens with zero attached hydrogens (tertiary/aromatic N) is 4. The van der Waals surface area contributed by atoms with Gasteiger partial charge in [-0.15, -0.1) is 0 Å². The highest BCUT2D eigenvalue weighted by Crippen LogP contribution is 2.35. The lowest BCUT2D eigenvalue weighted by Crippen LogP contribution is -2.20. The molecule has 0 aliphatic heterocycles. The van der Waals surface area contributed by atoms with Gasteiger partial charge in [-0.2, -0.15) is 9.78 Å². The Bertz CT molecular complexity index is 2100. The lowest BCUT2D eigenvalue weighted by atomic mass is 10.1. The molecule has 0 aliphatic rings. The minimum atomic E-state index is -0.518. The molecule has 0 saturated heterocycles. The summed E-state index contributed by atoms with van der Waals surface area (Å²) >= 11 is 6.82. The van der Waals surface area contributed by atoms with Crippen LogP contribution in [0.5, 0.6) is 5.75 Å². The van der Waals surface area contributed by atoms with Crippen molar-refractivity contribution in [2.45, 2.75) is 13.5 Å². The van der Waals surface area contributed by atoms with Crippen LogP contribution in [0, 0.1) is 17.0 Å². The van der Waals surface area contributed by atoms with Crippen LogP contribution in [0.1, 0.15) is 16.7 Å². The van der Waals surface area contributed by atoms with Gasteiger partial charge in [0.2, 0.25) is 11.6 Å². The molecule has 0 aliphatic carbocycles. The van der Waals surface area contributed by atoms with Crippen molar-refractivity contribution in [3.63, 3.8) is 0 Å². The van der Waals surface area contributed by atoms with Crippen molar-refractivity contribution in [1.82, 2.24) is 9.66 Å². The van der Waals surface area contributed by atoms with Gasteiger partial charge in [0.25, 0.3) is 5.56 Å². The van der Waals surface area contributed by atoms with E-state index in [-0.39, 0.29) is 23.9 Å². The molecule has 0 radical (unpaired) electrons. The van der Waals surface area contributed by atoms with Crippen LogP contribution in [0.4, 0.5) is 5.69 Å². The van der Waals surface area contributed by atoms with Crippen LogP contribution in [0.25, 0.3) is 33.5 Å². The average molecular weight is 688 g/mol. The third-order valence-electron chi connectivity index (χ3n) is 6.49. The number of rotatable bonds is 7. The molecule has 0 N–H and O–H groups in total. The maximum Gasteiger partial charge on any atom is 0.312 e. The summed E-state index contributed by atoms with van der Waals surface area (Å²) in [5.41, 5.74) is 2.60. The minimum absolute atomic E-state index is 0.0189. The molecule has 9 nitrogen and oxygen atoms in total. The Labute approximate surface area is 255 Å². The fraction of sp³-hybridized carbons (Fsp3) is 0.0645. The quantitative estimate of drug-likeness (QED) is 0.0955. The van der Waals surface area contributed by atoms with Gasteiger partial charge in [-0.1, -0.05) is 73.8 Å². The molecule has 6 rings (SSSR count). The Kier molecular flexibility index (Phi) is 7.44. The van der Waals surface area contributed by atoms with Crippen molar-refractivity contribution in [3.05, 3.63) is 131 Å². The number of halogens is 2. The van der Waals surface area contributed by atoms with E-state index in [9.17, 15) is 14.9 Å². The van der Waals surface area contributed by atoms with E-state index in [1.165, 1.54) is 12.3 Å². The Morgan fingerprint density at radius 2 is 1.86 bits per heavy atom. The van der Waals surface area contributed by atoms with Gasteiger partial charge in [-0.3, -0.25) is 14.9 Å². The first-order valence-corrected chi connectivity index (χ1v) is 14.3. The first-order chi connectivity index (χ1) is 20.3. The molecule has 0 bridgehead atoms. The Hall–Kier alpha value is -4.61. The topological polar surface area (TPSA) is 113 Å². The molecule has 4 aromatic carbocycles. The van der Waals surface area contributed by atoms with E-state index >= 15 is 0 Å². The van der Waals surface area contributed by atoms with Gasteiger partial charge in [0, 0.05) is 26.0 Å². The van der Waals surface area contributed by atoms with E-state index < -0.39 is 10.5 Å². The monoisotopic (exact) mass is 686 g/mol.